The highest BCUT2D eigenvalue weighted by Gasteiger charge is 2.02. The maximum absolute atomic E-state index is 5.88. The first-order chi connectivity index (χ1) is 10.7. The van der Waals surface area contributed by atoms with Crippen LogP contribution >= 0.6 is 35.1 Å². The van der Waals surface area contributed by atoms with Crippen LogP contribution in [0.1, 0.15) is 18.9 Å². The van der Waals surface area contributed by atoms with Crippen molar-refractivity contribution in [1.82, 2.24) is 0 Å². The summed E-state index contributed by atoms with van der Waals surface area (Å²) in [6.07, 6.45) is 1.19. The van der Waals surface area contributed by atoms with Crippen LogP contribution in [0.5, 0.6) is 5.75 Å². The summed E-state index contributed by atoms with van der Waals surface area (Å²) in [6.45, 7) is 5.06. The second-order valence-corrected chi connectivity index (χ2v) is 7.67. The summed E-state index contributed by atoms with van der Waals surface area (Å²) in [5.41, 5.74) is 1.32. The molecule has 0 atom stereocenters. The molecule has 0 saturated heterocycles. The second-order valence-electron chi connectivity index (χ2n) is 4.93. The summed E-state index contributed by atoms with van der Waals surface area (Å²) in [7, 11) is 0. The minimum atomic E-state index is 0.703. The molecule has 0 aromatic heterocycles. The Morgan fingerprint density at radius 3 is 2.50 bits per heavy atom. The number of hydrogen-bond acceptors (Lipinski definition) is 3. The van der Waals surface area contributed by atoms with Gasteiger partial charge in [-0.05, 0) is 61.1 Å². The van der Waals surface area contributed by atoms with Crippen LogP contribution in [0.25, 0.3) is 0 Å². The van der Waals surface area contributed by atoms with Gasteiger partial charge in [0.15, 0.2) is 0 Å². The van der Waals surface area contributed by atoms with Crippen molar-refractivity contribution in [3.63, 3.8) is 0 Å². The summed E-state index contributed by atoms with van der Waals surface area (Å²) in [5.74, 6) is 3.03. The fourth-order valence-corrected chi connectivity index (χ4v) is 3.66. The van der Waals surface area contributed by atoms with Crippen LogP contribution in [0.3, 0.4) is 0 Å². The molecule has 0 fully saturated rings. The molecule has 0 heterocycles. The van der Waals surface area contributed by atoms with Crippen LogP contribution in [-0.4, -0.2) is 18.1 Å². The van der Waals surface area contributed by atoms with Crippen LogP contribution < -0.4 is 4.74 Å². The van der Waals surface area contributed by atoms with Crippen molar-refractivity contribution in [2.24, 2.45) is 0 Å². The van der Waals surface area contributed by atoms with Crippen molar-refractivity contribution >= 4 is 35.1 Å². The molecule has 0 radical (unpaired) electrons. The topological polar surface area (TPSA) is 9.23 Å². The molecule has 1 nitrogen and oxygen atoms in total. The Balaban J connectivity index is 1.80. The normalized spacial score (nSPS) is 10.7. The van der Waals surface area contributed by atoms with Gasteiger partial charge in [-0.1, -0.05) is 24.6 Å². The Kier molecular flexibility index (Phi) is 7.50. The molecule has 2 aromatic carbocycles. The summed E-state index contributed by atoms with van der Waals surface area (Å²) >= 11 is 9.56. The number of halogens is 1. The van der Waals surface area contributed by atoms with E-state index in [9.17, 15) is 0 Å². The lowest BCUT2D eigenvalue weighted by Crippen LogP contribution is -2.00. The molecule has 0 aliphatic heterocycles. The number of rotatable bonds is 8. The van der Waals surface area contributed by atoms with Gasteiger partial charge in [-0.3, -0.25) is 0 Å². The van der Waals surface area contributed by atoms with Crippen molar-refractivity contribution in [3.8, 4) is 5.75 Å². The second kappa shape index (κ2) is 9.39. The van der Waals surface area contributed by atoms with E-state index < -0.39 is 0 Å². The van der Waals surface area contributed by atoms with E-state index in [1.807, 2.05) is 36.0 Å². The molecule has 22 heavy (non-hydrogen) atoms. The summed E-state index contributed by atoms with van der Waals surface area (Å²) in [4.78, 5) is 2.54. The van der Waals surface area contributed by atoms with Crippen molar-refractivity contribution < 1.29 is 4.74 Å². The Bertz CT molecular complexity index is 584. The highest BCUT2D eigenvalue weighted by atomic mass is 35.5. The number of hydrogen-bond donors (Lipinski definition) is 0. The third-order valence-corrected chi connectivity index (χ3v) is 5.65. The molecule has 0 aliphatic carbocycles. The Labute approximate surface area is 146 Å². The Morgan fingerprint density at radius 2 is 1.77 bits per heavy atom. The van der Waals surface area contributed by atoms with Gasteiger partial charge in [0.05, 0.1) is 6.61 Å². The highest BCUT2D eigenvalue weighted by molar-refractivity contribution is 7.99. The van der Waals surface area contributed by atoms with Gasteiger partial charge in [0.1, 0.15) is 5.75 Å². The van der Waals surface area contributed by atoms with Crippen molar-refractivity contribution in [1.29, 1.82) is 0 Å². The first-order valence-electron chi connectivity index (χ1n) is 7.43. The standard InChI is InChI=1S/C18H21ClOS2/c1-3-11-22-18-13-16(7-4-14(18)2)20-10-12-21-17-8-5-15(19)6-9-17/h4-9,13H,3,10-12H2,1-2H3. The lowest BCUT2D eigenvalue weighted by Gasteiger charge is -2.10. The van der Waals surface area contributed by atoms with E-state index in [1.54, 1.807) is 11.8 Å². The van der Waals surface area contributed by atoms with Gasteiger partial charge in [0.25, 0.3) is 0 Å². The van der Waals surface area contributed by atoms with Crippen LogP contribution in [0.15, 0.2) is 52.3 Å². The monoisotopic (exact) mass is 352 g/mol. The first-order valence-corrected chi connectivity index (χ1v) is 9.78. The third kappa shape index (κ3) is 5.79. The maximum atomic E-state index is 5.88. The molecule has 0 bridgehead atoms. The van der Waals surface area contributed by atoms with Crippen LogP contribution in [-0.2, 0) is 0 Å². The molecular weight excluding hydrogens is 332 g/mol. The van der Waals surface area contributed by atoms with Gasteiger partial charge >= 0.3 is 0 Å². The minimum Gasteiger partial charge on any atom is -0.493 e. The molecule has 4 heteroatoms. The average Bonchev–Trinajstić information content (AvgIpc) is 2.53. The summed E-state index contributed by atoms with van der Waals surface area (Å²) in [5, 5.41) is 0.775. The van der Waals surface area contributed by atoms with Gasteiger partial charge < -0.3 is 4.74 Å². The van der Waals surface area contributed by atoms with Gasteiger partial charge in [0.2, 0.25) is 0 Å². The van der Waals surface area contributed by atoms with E-state index in [0.29, 0.717) is 6.61 Å². The molecular formula is C18H21ClOS2. The van der Waals surface area contributed by atoms with E-state index in [0.717, 1.165) is 22.3 Å². The molecule has 118 valence electrons. The van der Waals surface area contributed by atoms with Gasteiger partial charge in [0, 0.05) is 20.6 Å². The van der Waals surface area contributed by atoms with Crippen LogP contribution in [0.2, 0.25) is 5.02 Å². The van der Waals surface area contributed by atoms with E-state index in [-0.39, 0.29) is 0 Å². The van der Waals surface area contributed by atoms with E-state index in [2.05, 4.69) is 32.0 Å². The zero-order valence-electron chi connectivity index (χ0n) is 13.0. The molecule has 0 N–H and O–H groups in total. The fraction of sp³-hybridized carbons (Fsp3) is 0.333. The molecule has 0 saturated carbocycles. The molecule has 0 aliphatic rings. The third-order valence-electron chi connectivity index (χ3n) is 3.06. The van der Waals surface area contributed by atoms with Crippen molar-refractivity contribution in [3.05, 3.63) is 53.1 Å². The number of ether oxygens (including phenoxy) is 1. The Hall–Kier alpha value is -0.770. The minimum absolute atomic E-state index is 0.703. The molecule has 2 aromatic rings. The highest BCUT2D eigenvalue weighted by Crippen LogP contribution is 2.27. The largest absolute Gasteiger partial charge is 0.493 e. The fourth-order valence-electron chi connectivity index (χ4n) is 1.89. The molecule has 0 amide bonds. The zero-order valence-corrected chi connectivity index (χ0v) is 15.4. The smallest absolute Gasteiger partial charge is 0.120 e. The SMILES string of the molecule is CCCSc1cc(OCCSc2ccc(Cl)cc2)ccc1C. The molecule has 0 unspecified atom stereocenters. The maximum Gasteiger partial charge on any atom is 0.120 e. The van der Waals surface area contributed by atoms with Gasteiger partial charge in [-0.2, -0.15) is 0 Å². The lowest BCUT2D eigenvalue weighted by molar-refractivity contribution is 0.343. The number of benzene rings is 2. The average molecular weight is 353 g/mol. The first kappa shape index (κ1) is 17.6. The van der Waals surface area contributed by atoms with E-state index >= 15 is 0 Å². The Morgan fingerprint density at radius 1 is 1.00 bits per heavy atom. The van der Waals surface area contributed by atoms with Crippen molar-refractivity contribution in [2.75, 3.05) is 18.1 Å². The van der Waals surface area contributed by atoms with E-state index in [1.165, 1.54) is 21.8 Å². The van der Waals surface area contributed by atoms with Crippen molar-refractivity contribution in [2.45, 2.75) is 30.1 Å². The summed E-state index contributed by atoms with van der Waals surface area (Å²) < 4.78 is 5.87. The molecule has 0 spiro atoms. The summed E-state index contributed by atoms with van der Waals surface area (Å²) in [6, 6.07) is 14.3. The van der Waals surface area contributed by atoms with Crippen LogP contribution in [0.4, 0.5) is 0 Å². The zero-order chi connectivity index (χ0) is 15.8. The predicted molar refractivity (Wildman–Crippen MR) is 99.9 cm³/mol. The number of thioether (sulfide) groups is 2. The molecule has 2 rings (SSSR count). The number of aryl methyl sites for hydroxylation is 1. The van der Waals surface area contributed by atoms with Gasteiger partial charge in [-0.25, -0.2) is 0 Å². The predicted octanol–water partition coefficient (Wildman–Crippen LogP) is 6.32. The quantitative estimate of drug-likeness (QED) is 0.406. The van der Waals surface area contributed by atoms with E-state index in [4.69, 9.17) is 16.3 Å². The lowest BCUT2D eigenvalue weighted by atomic mass is 10.2. The van der Waals surface area contributed by atoms with Gasteiger partial charge in [-0.15, -0.1) is 23.5 Å². The van der Waals surface area contributed by atoms with Crippen LogP contribution in [0, 0.1) is 6.92 Å².